The van der Waals surface area contributed by atoms with Crippen LogP contribution < -0.4 is 10.3 Å². The second kappa shape index (κ2) is 8.70. The first-order chi connectivity index (χ1) is 13.3. The maximum Gasteiger partial charge on any atom is 0.387 e. The van der Waals surface area contributed by atoms with Crippen molar-refractivity contribution in [2.45, 2.75) is 18.3 Å². The van der Waals surface area contributed by atoms with Crippen LogP contribution in [0.2, 0.25) is 0 Å². The van der Waals surface area contributed by atoms with Crippen LogP contribution in [0, 0.1) is 0 Å². The molecule has 1 amide bonds. The molecule has 0 unspecified atom stereocenters. The lowest BCUT2D eigenvalue weighted by molar-refractivity contribution is -0.127. The molecule has 28 heavy (non-hydrogen) atoms. The van der Waals surface area contributed by atoms with E-state index in [-0.39, 0.29) is 23.0 Å². The van der Waals surface area contributed by atoms with Crippen molar-refractivity contribution in [3.05, 3.63) is 51.6 Å². The zero-order chi connectivity index (χ0) is 20.3. The number of thioether (sulfide) groups is 1. The first-order valence-electron chi connectivity index (χ1n) is 8.20. The summed E-state index contributed by atoms with van der Waals surface area (Å²) in [5.74, 6) is 0.0536. The van der Waals surface area contributed by atoms with Gasteiger partial charge in [-0.15, -0.1) is 11.3 Å². The maximum atomic E-state index is 12.4. The van der Waals surface area contributed by atoms with E-state index in [0.29, 0.717) is 21.9 Å². The molecule has 2 aromatic heterocycles. The molecular weight excluding hydrogens is 408 g/mol. The molecule has 1 aromatic carbocycles. The van der Waals surface area contributed by atoms with Crippen molar-refractivity contribution in [3.63, 3.8) is 0 Å². The van der Waals surface area contributed by atoms with Crippen LogP contribution in [0.4, 0.5) is 8.78 Å². The predicted molar refractivity (Wildman–Crippen MR) is 105 cm³/mol. The maximum absolute atomic E-state index is 12.4. The van der Waals surface area contributed by atoms with Crippen molar-refractivity contribution in [2.75, 3.05) is 12.8 Å². The molecule has 0 aliphatic rings. The quantitative estimate of drug-likeness (QED) is 0.429. The molecule has 0 aliphatic heterocycles. The molecular formula is C18H17F2N3O3S2. The van der Waals surface area contributed by atoms with Crippen LogP contribution in [0.3, 0.4) is 0 Å². The largest absolute Gasteiger partial charge is 0.435 e. The summed E-state index contributed by atoms with van der Waals surface area (Å²) in [6.07, 6.45) is 0. The summed E-state index contributed by atoms with van der Waals surface area (Å²) < 4.78 is 30.1. The fraction of sp³-hybridized carbons (Fsp3) is 0.278. The Morgan fingerprint density at radius 3 is 2.71 bits per heavy atom. The number of ether oxygens (including phenoxy) is 1. The topological polar surface area (TPSA) is 64.4 Å². The summed E-state index contributed by atoms with van der Waals surface area (Å²) in [6.45, 7) is -2.55. The Bertz CT molecular complexity index is 1030. The van der Waals surface area contributed by atoms with Crippen LogP contribution in [-0.4, -0.2) is 39.8 Å². The lowest BCUT2D eigenvalue weighted by atomic mass is 10.2. The Labute approximate surface area is 167 Å². The summed E-state index contributed by atoms with van der Waals surface area (Å²) in [7, 11) is 3.29. The van der Waals surface area contributed by atoms with Crippen molar-refractivity contribution < 1.29 is 18.3 Å². The van der Waals surface area contributed by atoms with Gasteiger partial charge in [0.1, 0.15) is 10.6 Å². The summed E-state index contributed by atoms with van der Waals surface area (Å²) >= 11 is 2.58. The Balaban J connectivity index is 1.60. The third-order valence-corrected chi connectivity index (χ3v) is 5.80. The number of amides is 1. The van der Waals surface area contributed by atoms with E-state index in [4.69, 9.17) is 0 Å². The van der Waals surface area contributed by atoms with Gasteiger partial charge in [-0.2, -0.15) is 8.78 Å². The molecule has 0 spiro atoms. The summed E-state index contributed by atoms with van der Waals surface area (Å²) in [5, 5.41) is 2.86. The number of thiophene rings is 1. The molecule has 148 valence electrons. The molecule has 0 saturated carbocycles. The van der Waals surface area contributed by atoms with E-state index >= 15 is 0 Å². The molecule has 0 bridgehead atoms. The van der Waals surface area contributed by atoms with Gasteiger partial charge in [-0.3, -0.25) is 14.2 Å². The Kier molecular flexibility index (Phi) is 6.30. The van der Waals surface area contributed by atoms with Gasteiger partial charge in [0.25, 0.3) is 5.56 Å². The fourth-order valence-electron chi connectivity index (χ4n) is 2.48. The molecule has 0 radical (unpaired) electrons. The molecule has 0 atom stereocenters. The first-order valence-corrected chi connectivity index (χ1v) is 10.1. The van der Waals surface area contributed by atoms with Gasteiger partial charge in [-0.25, -0.2) is 4.98 Å². The van der Waals surface area contributed by atoms with Crippen molar-refractivity contribution in [1.29, 1.82) is 0 Å². The molecule has 0 N–H and O–H groups in total. The number of rotatable bonds is 7. The van der Waals surface area contributed by atoms with E-state index in [1.807, 2.05) is 5.38 Å². The average molecular weight is 425 g/mol. The second-order valence-electron chi connectivity index (χ2n) is 5.96. The Morgan fingerprint density at radius 1 is 1.32 bits per heavy atom. The normalized spacial score (nSPS) is 11.2. The minimum atomic E-state index is -2.87. The van der Waals surface area contributed by atoms with E-state index in [1.165, 1.54) is 44.7 Å². The van der Waals surface area contributed by atoms with Crippen molar-refractivity contribution in [2.24, 2.45) is 7.05 Å². The summed E-state index contributed by atoms with van der Waals surface area (Å²) in [6, 6.07) is 7.87. The molecule has 3 aromatic rings. The third kappa shape index (κ3) is 4.68. The highest BCUT2D eigenvalue weighted by atomic mass is 32.2. The zero-order valence-corrected chi connectivity index (χ0v) is 16.7. The third-order valence-electron chi connectivity index (χ3n) is 3.98. The zero-order valence-electron chi connectivity index (χ0n) is 15.1. The van der Waals surface area contributed by atoms with E-state index in [2.05, 4.69) is 9.72 Å². The molecule has 6 nitrogen and oxygen atoms in total. The molecule has 2 heterocycles. The van der Waals surface area contributed by atoms with Crippen LogP contribution >= 0.6 is 23.1 Å². The number of halogens is 2. The van der Waals surface area contributed by atoms with E-state index in [0.717, 1.165) is 5.56 Å². The number of hydrogen-bond acceptors (Lipinski definition) is 6. The SMILES string of the molecule is CN(Cc1ccc(OC(F)F)cc1)C(=O)CSc1nc2sccc2c(=O)n1C. The Hall–Kier alpha value is -2.46. The number of alkyl halides is 2. The van der Waals surface area contributed by atoms with Crippen LogP contribution in [0.5, 0.6) is 5.75 Å². The lowest BCUT2D eigenvalue weighted by Gasteiger charge is -2.17. The van der Waals surface area contributed by atoms with Gasteiger partial charge in [0, 0.05) is 20.6 Å². The smallest absolute Gasteiger partial charge is 0.387 e. The number of hydrogen-bond donors (Lipinski definition) is 0. The highest BCUT2D eigenvalue weighted by Crippen LogP contribution is 2.21. The van der Waals surface area contributed by atoms with Crippen LogP contribution in [0.25, 0.3) is 10.2 Å². The van der Waals surface area contributed by atoms with Crippen molar-refractivity contribution >= 4 is 39.2 Å². The van der Waals surface area contributed by atoms with Gasteiger partial charge < -0.3 is 9.64 Å². The standard InChI is InChI=1S/C18H17F2N3O3S2/c1-22(9-11-3-5-12(6-4-11)26-17(19)20)14(24)10-28-18-21-15-13(7-8-27-15)16(25)23(18)2/h3-8,17H,9-10H2,1-2H3. The minimum absolute atomic E-state index is 0.0687. The molecule has 0 fully saturated rings. The molecule has 0 aliphatic carbocycles. The number of carbonyl (C=O) groups is 1. The molecule has 3 rings (SSSR count). The van der Waals surface area contributed by atoms with Crippen LogP contribution in [0.15, 0.2) is 45.7 Å². The van der Waals surface area contributed by atoms with E-state index in [1.54, 1.807) is 32.3 Å². The lowest BCUT2D eigenvalue weighted by Crippen LogP contribution is -2.28. The van der Waals surface area contributed by atoms with Gasteiger partial charge in [-0.1, -0.05) is 23.9 Å². The number of fused-ring (bicyclic) bond motifs is 1. The van der Waals surface area contributed by atoms with Gasteiger partial charge in [0.2, 0.25) is 5.91 Å². The van der Waals surface area contributed by atoms with Crippen LogP contribution in [-0.2, 0) is 18.4 Å². The fourth-order valence-corrected chi connectivity index (χ4v) is 4.20. The van der Waals surface area contributed by atoms with Crippen molar-refractivity contribution in [1.82, 2.24) is 14.5 Å². The van der Waals surface area contributed by atoms with E-state index in [9.17, 15) is 18.4 Å². The van der Waals surface area contributed by atoms with Gasteiger partial charge >= 0.3 is 6.61 Å². The Morgan fingerprint density at radius 2 is 2.04 bits per heavy atom. The van der Waals surface area contributed by atoms with Gasteiger partial charge in [0.05, 0.1) is 11.1 Å². The van der Waals surface area contributed by atoms with Crippen LogP contribution in [0.1, 0.15) is 5.56 Å². The monoisotopic (exact) mass is 425 g/mol. The summed E-state index contributed by atoms with van der Waals surface area (Å²) in [4.78, 5) is 31.3. The van der Waals surface area contributed by atoms with Gasteiger partial charge in [0.15, 0.2) is 5.16 Å². The molecule has 10 heteroatoms. The van der Waals surface area contributed by atoms with Gasteiger partial charge in [-0.05, 0) is 29.1 Å². The number of carbonyl (C=O) groups excluding carboxylic acids is 1. The molecule has 0 saturated heterocycles. The predicted octanol–water partition coefficient (Wildman–Crippen LogP) is 3.35. The average Bonchev–Trinajstić information content (AvgIpc) is 3.13. The highest BCUT2D eigenvalue weighted by Gasteiger charge is 2.14. The second-order valence-corrected chi connectivity index (χ2v) is 7.80. The number of nitrogens with zero attached hydrogens (tertiary/aromatic N) is 3. The van der Waals surface area contributed by atoms with E-state index < -0.39 is 6.61 Å². The first kappa shape index (κ1) is 20.3. The summed E-state index contributed by atoms with van der Waals surface area (Å²) in [5.41, 5.74) is 0.647. The minimum Gasteiger partial charge on any atom is -0.435 e. The number of benzene rings is 1. The highest BCUT2D eigenvalue weighted by molar-refractivity contribution is 7.99. The van der Waals surface area contributed by atoms with Crippen molar-refractivity contribution in [3.8, 4) is 5.75 Å². The number of aromatic nitrogens is 2.